The van der Waals surface area contributed by atoms with Gasteiger partial charge in [-0.3, -0.25) is 4.98 Å². The Morgan fingerprint density at radius 1 is 1.60 bits per heavy atom. The van der Waals surface area contributed by atoms with E-state index in [1.54, 1.807) is 11.7 Å². The van der Waals surface area contributed by atoms with Crippen molar-refractivity contribution < 1.29 is 13.2 Å². The summed E-state index contributed by atoms with van der Waals surface area (Å²) in [6.07, 6.45) is 1.72. The summed E-state index contributed by atoms with van der Waals surface area (Å²) in [5.41, 5.74) is -2.42. The topological polar surface area (TPSA) is 24.9 Å². The fraction of sp³-hybridized carbons (Fsp3) is 0.625. The molecule has 0 spiro atoms. The number of nitrogens with one attached hydrogen (secondary N) is 1. The fourth-order valence-electron chi connectivity index (χ4n) is 0.982. The average Bonchev–Trinajstić information content (AvgIpc) is 2.63. The molecule has 0 aliphatic heterocycles. The van der Waals surface area contributed by atoms with Crippen LogP contribution in [0.1, 0.15) is 17.8 Å². The Hall–Kier alpha value is -0.270. The number of halogens is 3. The van der Waals surface area contributed by atoms with Crippen LogP contribution in [0.5, 0.6) is 0 Å². The highest BCUT2D eigenvalue weighted by Crippen LogP contribution is 2.29. The van der Waals surface area contributed by atoms with Crippen LogP contribution in [0.15, 0.2) is 11.7 Å². The number of hydrogen-bond donors (Lipinski definition) is 1. The molecule has 0 aromatic carbocycles. The minimum Gasteiger partial charge on any atom is -0.309 e. The minimum atomic E-state index is -4.13. The summed E-state index contributed by atoms with van der Waals surface area (Å²) < 4.78 is 35.3. The van der Waals surface area contributed by atoms with Crippen molar-refractivity contribution in [1.29, 1.82) is 0 Å². The summed E-state index contributed by atoms with van der Waals surface area (Å²) in [6, 6.07) is 0.0614. The van der Waals surface area contributed by atoms with Gasteiger partial charge in [0.1, 0.15) is 0 Å². The van der Waals surface area contributed by atoms with Gasteiger partial charge in [-0.2, -0.15) is 13.2 Å². The van der Waals surface area contributed by atoms with Gasteiger partial charge in [0.25, 0.3) is 0 Å². The molecule has 0 saturated carbocycles. The van der Waals surface area contributed by atoms with Crippen molar-refractivity contribution in [2.75, 3.05) is 12.3 Å². The maximum atomic E-state index is 11.8. The average molecular weight is 256 g/mol. The second-order valence-electron chi connectivity index (χ2n) is 2.87. The molecular weight excluding hydrogens is 245 g/mol. The summed E-state index contributed by atoms with van der Waals surface area (Å²) in [5, 5.41) is 3.01. The normalized spacial score (nSPS) is 14.1. The van der Waals surface area contributed by atoms with Gasteiger partial charge in [-0.05, 0) is 18.7 Å². The minimum absolute atomic E-state index is 0.00192. The van der Waals surface area contributed by atoms with Gasteiger partial charge in [-0.15, -0.1) is 11.3 Å². The molecular formula is C8H11F3N2S2. The van der Waals surface area contributed by atoms with E-state index in [-0.39, 0.29) is 23.6 Å². The SMILES string of the molecule is CC(NCCSC(F)(F)F)c1cncs1. The van der Waals surface area contributed by atoms with Crippen LogP contribution in [-0.2, 0) is 0 Å². The first-order chi connectivity index (χ1) is 6.99. The molecule has 2 nitrogen and oxygen atoms in total. The van der Waals surface area contributed by atoms with Gasteiger partial charge >= 0.3 is 5.51 Å². The van der Waals surface area contributed by atoms with E-state index >= 15 is 0 Å². The number of thioether (sulfide) groups is 1. The van der Waals surface area contributed by atoms with E-state index < -0.39 is 5.51 Å². The van der Waals surface area contributed by atoms with Crippen molar-refractivity contribution >= 4 is 23.1 Å². The summed E-state index contributed by atoms with van der Waals surface area (Å²) in [7, 11) is 0. The first-order valence-electron chi connectivity index (χ1n) is 4.31. The number of thiazole rings is 1. The molecule has 1 atom stereocenters. The molecule has 0 saturated heterocycles. The van der Waals surface area contributed by atoms with Crippen molar-refractivity contribution in [1.82, 2.24) is 10.3 Å². The highest BCUT2D eigenvalue weighted by molar-refractivity contribution is 8.00. The number of nitrogens with zero attached hydrogens (tertiary/aromatic N) is 1. The summed E-state index contributed by atoms with van der Waals surface area (Å²) in [5.74, 6) is 0.0344. The van der Waals surface area contributed by atoms with Gasteiger partial charge in [-0.1, -0.05) is 0 Å². The molecule has 0 radical (unpaired) electrons. The van der Waals surface area contributed by atoms with E-state index in [2.05, 4.69) is 10.3 Å². The van der Waals surface area contributed by atoms with Crippen LogP contribution in [-0.4, -0.2) is 22.8 Å². The van der Waals surface area contributed by atoms with Crippen LogP contribution < -0.4 is 5.32 Å². The van der Waals surface area contributed by atoms with Gasteiger partial charge < -0.3 is 5.32 Å². The van der Waals surface area contributed by atoms with Crippen LogP contribution in [0.25, 0.3) is 0 Å². The molecule has 7 heteroatoms. The lowest BCUT2D eigenvalue weighted by Crippen LogP contribution is -2.21. The molecule has 1 unspecified atom stereocenters. The van der Waals surface area contributed by atoms with E-state index in [0.717, 1.165) is 4.88 Å². The zero-order valence-corrected chi connectivity index (χ0v) is 9.68. The number of hydrogen-bond acceptors (Lipinski definition) is 4. The van der Waals surface area contributed by atoms with Crippen LogP contribution in [0.2, 0.25) is 0 Å². The van der Waals surface area contributed by atoms with Gasteiger partial charge in [0.05, 0.1) is 5.51 Å². The molecule has 86 valence electrons. The Balaban J connectivity index is 2.16. The number of rotatable bonds is 5. The third-order valence-electron chi connectivity index (χ3n) is 1.70. The van der Waals surface area contributed by atoms with E-state index in [4.69, 9.17) is 0 Å². The maximum Gasteiger partial charge on any atom is 0.441 e. The van der Waals surface area contributed by atoms with Crippen molar-refractivity contribution in [3.63, 3.8) is 0 Å². The van der Waals surface area contributed by atoms with Crippen LogP contribution >= 0.6 is 23.1 Å². The lowest BCUT2D eigenvalue weighted by Gasteiger charge is -2.11. The van der Waals surface area contributed by atoms with Crippen LogP contribution in [0.3, 0.4) is 0 Å². The van der Waals surface area contributed by atoms with E-state index in [9.17, 15) is 13.2 Å². The second-order valence-corrected chi connectivity index (χ2v) is 4.95. The fourth-order valence-corrected chi connectivity index (χ4v) is 2.09. The van der Waals surface area contributed by atoms with Crippen molar-refractivity contribution in [2.45, 2.75) is 18.5 Å². The van der Waals surface area contributed by atoms with E-state index in [1.807, 2.05) is 6.92 Å². The Labute approximate surface area is 94.3 Å². The highest BCUT2D eigenvalue weighted by Gasteiger charge is 2.27. The molecule has 1 aromatic rings. The molecule has 1 heterocycles. The van der Waals surface area contributed by atoms with E-state index in [0.29, 0.717) is 6.54 Å². The quantitative estimate of drug-likeness (QED) is 0.820. The first-order valence-corrected chi connectivity index (χ1v) is 6.18. The molecule has 0 aliphatic rings. The van der Waals surface area contributed by atoms with Gasteiger partial charge in [-0.25, -0.2) is 0 Å². The Bertz CT molecular complexity index is 274. The Morgan fingerprint density at radius 2 is 2.33 bits per heavy atom. The predicted molar refractivity (Wildman–Crippen MR) is 57.0 cm³/mol. The van der Waals surface area contributed by atoms with Crippen molar-refractivity contribution in [3.8, 4) is 0 Å². The molecule has 0 aliphatic carbocycles. The highest BCUT2D eigenvalue weighted by atomic mass is 32.2. The largest absolute Gasteiger partial charge is 0.441 e. The maximum absolute atomic E-state index is 11.8. The van der Waals surface area contributed by atoms with Gasteiger partial charge in [0, 0.05) is 29.4 Å². The molecule has 1 aromatic heterocycles. The van der Waals surface area contributed by atoms with Gasteiger partial charge in [0.2, 0.25) is 0 Å². The summed E-state index contributed by atoms with van der Waals surface area (Å²) in [4.78, 5) is 4.94. The lowest BCUT2D eigenvalue weighted by molar-refractivity contribution is -0.0327. The third-order valence-corrected chi connectivity index (χ3v) is 3.39. The number of alkyl halides is 3. The van der Waals surface area contributed by atoms with Crippen LogP contribution in [0.4, 0.5) is 13.2 Å². The van der Waals surface area contributed by atoms with E-state index in [1.165, 1.54) is 11.3 Å². The van der Waals surface area contributed by atoms with Crippen molar-refractivity contribution in [2.24, 2.45) is 0 Å². The smallest absolute Gasteiger partial charge is 0.309 e. The summed E-state index contributed by atoms with van der Waals surface area (Å²) >= 11 is 1.49. The second kappa shape index (κ2) is 5.72. The van der Waals surface area contributed by atoms with Crippen molar-refractivity contribution in [3.05, 3.63) is 16.6 Å². The molecule has 0 amide bonds. The zero-order chi connectivity index (χ0) is 11.3. The zero-order valence-electron chi connectivity index (χ0n) is 8.04. The molecule has 15 heavy (non-hydrogen) atoms. The third kappa shape index (κ3) is 5.39. The number of aromatic nitrogens is 1. The van der Waals surface area contributed by atoms with Gasteiger partial charge in [0.15, 0.2) is 0 Å². The first kappa shape index (κ1) is 12.8. The molecule has 0 bridgehead atoms. The lowest BCUT2D eigenvalue weighted by atomic mass is 10.3. The summed E-state index contributed by atoms with van der Waals surface area (Å²) in [6.45, 7) is 2.25. The monoisotopic (exact) mass is 256 g/mol. The standard InChI is InChI=1S/C8H11F3N2S2/c1-6(7-4-12-5-14-7)13-2-3-15-8(9,10)11/h4-6,13H,2-3H2,1H3. The molecule has 0 fully saturated rings. The molecule has 1 N–H and O–H groups in total. The Morgan fingerprint density at radius 3 is 2.87 bits per heavy atom. The predicted octanol–water partition coefficient (Wildman–Crippen LogP) is 3.05. The Kier molecular flexibility index (Phi) is 4.88. The van der Waals surface area contributed by atoms with Crippen LogP contribution in [0, 0.1) is 0 Å². The molecule has 1 rings (SSSR count).